The maximum absolute atomic E-state index is 10.5. The highest BCUT2D eigenvalue weighted by Crippen LogP contribution is 2.21. The van der Waals surface area contributed by atoms with E-state index in [0.717, 1.165) is 0 Å². The van der Waals surface area contributed by atoms with E-state index in [1.54, 1.807) is 6.08 Å². The summed E-state index contributed by atoms with van der Waals surface area (Å²) in [4.78, 5) is 10.5. The van der Waals surface area contributed by atoms with Crippen LogP contribution in [0.4, 0.5) is 0 Å². The molecule has 0 aromatic rings. The van der Waals surface area contributed by atoms with Gasteiger partial charge in [0.1, 0.15) is 6.10 Å². The molecule has 10 heavy (non-hydrogen) atoms. The fourth-order valence-corrected chi connectivity index (χ4v) is 0.646. The van der Waals surface area contributed by atoms with Gasteiger partial charge in [-0.3, -0.25) is 0 Å². The van der Waals surface area contributed by atoms with Gasteiger partial charge in [-0.15, -0.1) is 0 Å². The quantitative estimate of drug-likeness (QED) is 0.320. The molecule has 0 amide bonds. The first-order valence-electron chi connectivity index (χ1n) is 3.15. The number of carbonyl (C=O) groups is 1. The number of hydrogen-bond acceptors (Lipinski definition) is 3. The van der Waals surface area contributed by atoms with E-state index in [1.807, 2.05) is 6.92 Å². The number of carbonyl (C=O) groups excluding carboxylic acids is 1. The average Bonchev–Trinajstić information content (AvgIpc) is 2.61. The van der Waals surface area contributed by atoms with Crippen molar-refractivity contribution >= 4 is 5.97 Å². The molecule has 1 aliphatic rings. The van der Waals surface area contributed by atoms with Gasteiger partial charge in [0.2, 0.25) is 0 Å². The van der Waals surface area contributed by atoms with Crippen molar-refractivity contribution in [3.8, 4) is 0 Å². The maximum atomic E-state index is 10.5. The molecule has 0 N–H and O–H groups in total. The molecule has 2 atom stereocenters. The topological polar surface area (TPSA) is 38.8 Å². The van der Waals surface area contributed by atoms with Crippen LogP contribution in [0.15, 0.2) is 12.2 Å². The Labute approximate surface area is 59.6 Å². The zero-order chi connectivity index (χ0) is 7.56. The molecule has 0 bridgehead atoms. The van der Waals surface area contributed by atoms with E-state index in [4.69, 9.17) is 4.74 Å². The lowest BCUT2D eigenvalue weighted by molar-refractivity contribution is -0.134. The molecule has 1 fully saturated rings. The zero-order valence-electron chi connectivity index (χ0n) is 6.03. The molecule has 0 radical (unpaired) electrons. The molecule has 1 heterocycles. The van der Waals surface area contributed by atoms with Crippen LogP contribution in [-0.4, -0.2) is 25.3 Å². The Morgan fingerprint density at radius 1 is 1.70 bits per heavy atom. The second-order valence-electron chi connectivity index (χ2n) is 2.19. The number of ether oxygens (including phenoxy) is 2. The Bertz CT molecular complexity index is 162. The van der Waals surface area contributed by atoms with Gasteiger partial charge in [0.05, 0.1) is 13.2 Å². The number of methoxy groups -OCH3 is 1. The number of epoxide rings is 1. The fourth-order valence-electron chi connectivity index (χ4n) is 0.646. The summed E-state index contributed by atoms with van der Waals surface area (Å²) in [6, 6.07) is 0. The van der Waals surface area contributed by atoms with Crippen LogP contribution in [-0.2, 0) is 14.3 Å². The van der Waals surface area contributed by atoms with E-state index in [9.17, 15) is 4.79 Å². The summed E-state index contributed by atoms with van der Waals surface area (Å²) in [7, 11) is 1.35. The molecule has 0 aromatic carbocycles. The summed E-state index contributed by atoms with van der Waals surface area (Å²) in [5, 5.41) is 0. The fraction of sp³-hybridized carbons (Fsp3) is 0.571. The van der Waals surface area contributed by atoms with Gasteiger partial charge in [-0.2, -0.15) is 0 Å². The Balaban J connectivity index is 2.23. The van der Waals surface area contributed by atoms with Gasteiger partial charge in [0.15, 0.2) is 0 Å². The molecule has 3 nitrogen and oxygen atoms in total. The SMILES string of the molecule is COC(=O)/C=C/[C@@H]1OC1C. The van der Waals surface area contributed by atoms with Crippen LogP contribution in [0.2, 0.25) is 0 Å². The highest BCUT2D eigenvalue weighted by atomic mass is 16.6. The van der Waals surface area contributed by atoms with Crippen molar-refractivity contribution in [1.82, 2.24) is 0 Å². The molecular formula is C7H10O3. The van der Waals surface area contributed by atoms with Crippen LogP contribution < -0.4 is 0 Å². The molecule has 1 unspecified atom stereocenters. The summed E-state index contributed by atoms with van der Waals surface area (Å²) in [6.45, 7) is 1.95. The van der Waals surface area contributed by atoms with Crippen LogP contribution in [0.1, 0.15) is 6.92 Å². The van der Waals surface area contributed by atoms with Gasteiger partial charge in [-0.25, -0.2) is 4.79 Å². The third kappa shape index (κ3) is 1.84. The standard InChI is InChI=1S/C7H10O3/c1-5-6(10-5)3-4-7(8)9-2/h3-6H,1-2H3/b4-3+/t5?,6-/m0/s1. The highest BCUT2D eigenvalue weighted by molar-refractivity contribution is 5.81. The Hall–Kier alpha value is -0.830. The Morgan fingerprint density at radius 3 is 2.70 bits per heavy atom. The van der Waals surface area contributed by atoms with E-state index in [1.165, 1.54) is 13.2 Å². The lowest BCUT2D eigenvalue weighted by Gasteiger charge is -1.86. The molecule has 0 saturated carbocycles. The maximum Gasteiger partial charge on any atom is 0.330 e. The lowest BCUT2D eigenvalue weighted by atomic mass is 10.3. The average molecular weight is 142 g/mol. The first kappa shape index (κ1) is 7.28. The van der Waals surface area contributed by atoms with Crippen molar-refractivity contribution in [1.29, 1.82) is 0 Å². The second kappa shape index (κ2) is 2.84. The summed E-state index contributed by atoms with van der Waals surface area (Å²) in [5.41, 5.74) is 0. The van der Waals surface area contributed by atoms with E-state index >= 15 is 0 Å². The largest absolute Gasteiger partial charge is 0.466 e. The monoisotopic (exact) mass is 142 g/mol. The van der Waals surface area contributed by atoms with E-state index in [-0.39, 0.29) is 18.2 Å². The van der Waals surface area contributed by atoms with E-state index in [0.29, 0.717) is 0 Å². The zero-order valence-corrected chi connectivity index (χ0v) is 6.03. The van der Waals surface area contributed by atoms with Crippen LogP contribution in [0.3, 0.4) is 0 Å². The van der Waals surface area contributed by atoms with E-state index < -0.39 is 0 Å². The van der Waals surface area contributed by atoms with Crippen molar-refractivity contribution in [2.45, 2.75) is 19.1 Å². The predicted octanol–water partition coefficient (Wildman–Crippen LogP) is 0.503. The molecule has 0 spiro atoms. The van der Waals surface area contributed by atoms with E-state index in [2.05, 4.69) is 4.74 Å². The van der Waals surface area contributed by atoms with Crippen molar-refractivity contribution in [2.24, 2.45) is 0 Å². The number of hydrogen-bond donors (Lipinski definition) is 0. The minimum absolute atomic E-state index is 0.124. The first-order chi connectivity index (χ1) is 4.74. The van der Waals surface area contributed by atoms with Crippen LogP contribution in [0, 0.1) is 0 Å². The van der Waals surface area contributed by atoms with Crippen molar-refractivity contribution in [2.75, 3.05) is 7.11 Å². The van der Waals surface area contributed by atoms with Crippen molar-refractivity contribution < 1.29 is 14.3 Å². The molecule has 1 saturated heterocycles. The minimum atomic E-state index is -0.331. The lowest BCUT2D eigenvalue weighted by Crippen LogP contribution is -1.95. The molecule has 1 rings (SSSR count). The molecular weight excluding hydrogens is 132 g/mol. The van der Waals surface area contributed by atoms with Crippen LogP contribution in [0.25, 0.3) is 0 Å². The summed E-state index contributed by atoms with van der Waals surface area (Å²) < 4.78 is 9.40. The van der Waals surface area contributed by atoms with Gasteiger partial charge >= 0.3 is 5.97 Å². The summed E-state index contributed by atoms with van der Waals surface area (Å²) >= 11 is 0. The second-order valence-corrected chi connectivity index (χ2v) is 2.19. The minimum Gasteiger partial charge on any atom is -0.466 e. The predicted molar refractivity (Wildman–Crippen MR) is 35.5 cm³/mol. The van der Waals surface area contributed by atoms with Gasteiger partial charge in [-0.1, -0.05) is 0 Å². The third-order valence-electron chi connectivity index (χ3n) is 1.38. The smallest absolute Gasteiger partial charge is 0.330 e. The normalized spacial score (nSPS) is 30.6. The Kier molecular flexibility index (Phi) is 2.06. The van der Waals surface area contributed by atoms with Crippen LogP contribution >= 0.6 is 0 Å². The molecule has 0 aliphatic carbocycles. The summed E-state index contributed by atoms with van der Waals surface area (Å²) in [6.07, 6.45) is 3.48. The molecule has 3 heteroatoms. The molecule has 1 aliphatic heterocycles. The first-order valence-corrected chi connectivity index (χ1v) is 3.15. The van der Waals surface area contributed by atoms with Crippen LogP contribution in [0.5, 0.6) is 0 Å². The van der Waals surface area contributed by atoms with Gasteiger partial charge < -0.3 is 9.47 Å². The van der Waals surface area contributed by atoms with Gasteiger partial charge in [0.25, 0.3) is 0 Å². The van der Waals surface area contributed by atoms with Crippen molar-refractivity contribution in [3.05, 3.63) is 12.2 Å². The number of esters is 1. The van der Waals surface area contributed by atoms with Gasteiger partial charge in [-0.05, 0) is 13.0 Å². The molecule has 56 valence electrons. The van der Waals surface area contributed by atoms with Gasteiger partial charge in [0, 0.05) is 6.08 Å². The number of rotatable bonds is 2. The third-order valence-corrected chi connectivity index (χ3v) is 1.38. The summed E-state index contributed by atoms with van der Waals surface area (Å²) in [5.74, 6) is -0.331. The highest BCUT2D eigenvalue weighted by Gasteiger charge is 2.31. The molecule has 0 aromatic heterocycles. The van der Waals surface area contributed by atoms with Crippen molar-refractivity contribution in [3.63, 3.8) is 0 Å². The Morgan fingerprint density at radius 2 is 2.30 bits per heavy atom.